The molecule has 3 N–H and O–H groups in total. The van der Waals surface area contributed by atoms with Crippen LogP contribution < -0.4 is 0 Å². The summed E-state index contributed by atoms with van der Waals surface area (Å²) in [5.41, 5.74) is 0. The van der Waals surface area contributed by atoms with Crippen LogP contribution in [0.5, 0.6) is 0 Å². The van der Waals surface area contributed by atoms with Gasteiger partial charge in [-0.15, -0.1) is 0 Å². The number of ether oxygens (including phenoxy) is 4. The Balaban J connectivity index is 5.18. The molecular weight excluding hydrogens is 1380 g/mol. The van der Waals surface area contributed by atoms with Gasteiger partial charge in [-0.25, -0.2) is 9.13 Å². The maximum atomic E-state index is 13.1. The zero-order valence-corrected chi connectivity index (χ0v) is 71.4. The molecule has 17 nitrogen and oxygen atoms in total. The Morgan fingerprint density at radius 1 is 0.264 bits per heavy atom. The van der Waals surface area contributed by atoms with Crippen LogP contribution in [0.2, 0.25) is 0 Å². The molecule has 0 heterocycles. The SMILES string of the molecule is CCCCCCCCCCCCCCCCCCCCCC(=O)OC[C@H](COP(=O)(O)OC[C@@H](O)COP(=O)(O)OC[C@@H](COC(=O)CCCCCCCCCC)OC(=O)CCCCCCCCCCCCCCCCCCC)OC(=O)CCCCCCCCCCCCCCCCCCCCC(C)CC. The van der Waals surface area contributed by atoms with Crippen LogP contribution in [0.4, 0.5) is 0 Å². The minimum atomic E-state index is -4.97. The highest BCUT2D eigenvalue weighted by molar-refractivity contribution is 7.47. The van der Waals surface area contributed by atoms with Crippen molar-refractivity contribution >= 4 is 39.5 Å². The van der Waals surface area contributed by atoms with Gasteiger partial charge in [0.15, 0.2) is 12.2 Å². The fourth-order valence-corrected chi connectivity index (χ4v) is 15.2. The van der Waals surface area contributed by atoms with Crippen molar-refractivity contribution in [3.63, 3.8) is 0 Å². The number of phosphoric acid groups is 2. The van der Waals surface area contributed by atoms with Crippen molar-refractivity contribution in [3.8, 4) is 0 Å². The largest absolute Gasteiger partial charge is 0.472 e. The molecule has 630 valence electrons. The molecular formula is C87H170O17P2. The molecule has 0 aliphatic heterocycles. The molecule has 6 atom stereocenters. The van der Waals surface area contributed by atoms with E-state index in [-0.39, 0.29) is 25.7 Å². The summed E-state index contributed by atoms with van der Waals surface area (Å²) in [6.07, 6.45) is 73.7. The van der Waals surface area contributed by atoms with Gasteiger partial charge >= 0.3 is 39.5 Å². The van der Waals surface area contributed by atoms with Crippen LogP contribution in [0.25, 0.3) is 0 Å². The van der Waals surface area contributed by atoms with Gasteiger partial charge in [-0.1, -0.05) is 420 Å². The van der Waals surface area contributed by atoms with Crippen molar-refractivity contribution in [2.24, 2.45) is 5.92 Å². The van der Waals surface area contributed by atoms with E-state index >= 15 is 0 Å². The molecule has 0 saturated heterocycles. The summed E-state index contributed by atoms with van der Waals surface area (Å²) in [5.74, 6) is -1.23. The van der Waals surface area contributed by atoms with Crippen LogP contribution in [0.3, 0.4) is 0 Å². The van der Waals surface area contributed by atoms with Crippen LogP contribution in [0.1, 0.15) is 471 Å². The molecule has 3 unspecified atom stereocenters. The van der Waals surface area contributed by atoms with Gasteiger partial charge in [0, 0.05) is 25.7 Å². The highest BCUT2D eigenvalue weighted by Crippen LogP contribution is 2.45. The Morgan fingerprint density at radius 3 is 0.670 bits per heavy atom. The maximum absolute atomic E-state index is 13.1. The van der Waals surface area contributed by atoms with Crippen molar-refractivity contribution in [2.45, 2.75) is 490 Å². The first-order valence-electron chi connectivity index (χ1n) is 45.2. The van der Waals surface area contributed by atoms with E-state index in [0.29, 0.717) is 25.7 Å². The highest BCUT2D eigenvalue weighted by atomic mass is 31.2. The highest BCUT2D eigenvalue weighted by Gasteiger charge is 2.30. The van der Waals surface area contributed by atoms with Crippen LogP contribution in [0, 0.1) is 5.92 Å². The van der Waals surface area contributed by atoms with Crippen molar-refractivity contribution in [3.05, 3.63) is 0 Å². The predicted molar refractivity (Wildman–Crippen MR) is 437 cm³/mol. The molecule has 0 radical (unpaired) electrons. The van der Waals surface area contributed by atoms with E-state index < -0.39 is 97.5 Å². The second-order valence-corrected chi connectivity index (χ2v) is 34.4. The topological polar surface area (TPSA) is 237 Å². The van der Waals surface area contributed by atoms with Gasteiger partial charge in [-0.05, 0) is 31.6 Å². The number of aliphatic hydroxyl groups is 1. The monoisotopic (exact) mass is 1550 g/mol. The van der Waals surface area contributed by atoms with E-state index in [1.165, 1.54) is 295 Å². The molecule has 0 aliphatic rings. The molecule has 0 aromatic heterocycles. The first kappa shape index (κ1) is 104. The van der Waals surface area contributed by atoms with Crippen LogP contribution in [-0.2, 0) is 65.4 Å². The van der Waals surface area contributed by atoms with E-state index in [2.05, 4.69) is 34.6 Å². The lowest BCUT2D eigenvalue weighted by atomic mass is 9.99. The number of unbranched alkanes of at least 4 members (excludes halogenated alkanes) is 58. The van der Waals surface area contributed by atoms with Crippen molar-refractivity contribution in [1.29, 1.82) is 0 Å². The second-order valence-electron chi connectivity index (χ2n) is 31.5. The number of aliphatic hydroxyl groups excluding tert-OH is 1. The lowest BCUT2D eigenvalue weighted by Gasteiger charge is -2.21. The molecule has 0 fully saturated rings. The van der Waals surface area contributed by atoms with Crippen LogP contribution in [-0.4, -0.2) is 96.7 Å². The van der Waals surface area contributed by atoms with Gasteiger partial charge < -0.3 is 33.8 Å². The van der Waals surface area contributed by atoms with Crippen LogP contribution in [0.15, 0.2) is 0 Å². The molecule has 0 aliphatic carbocycles. The Morgan fingerprint density at radius 2 is 0.453 bits per heavy atom. The van der Waals surface area contributed by atoms with E-state index in [1.54, 1.807) is 0 Å². The van der Waals surface area contributed by atoms with Gasteiger partial charge in [-0.3, -0.25) is 37.3 Å². The summed E-state index contributed by atoms with van der Waals surface area (Å²) >= 11 is 0. The summed E-state index contributed by atoms with van der Waals surface area (Å²) < 4.78 is 68.8. The minimum Gasteiger partial charge on any atom is -0.462 e. The molecule has 0 amide bonds. The number of hydrogen-bond acceptors (Lipinski definition) is 15. The first-order valence-corrected chi connectivity index (χ1v) is 48.2. The third-order valence-electron chi connectivity index (χ3n) is 20.9. The smallest absolute Gasteiger partial charge is 0.462 e. The Kier molecular flexibility index (Phi) is 78.2. The third-order valence-corrected chi connectivity index (χ3v) is 22.8. The quantitative estimate of drug-likeness (QED) is 0.0222. The summed E-state index contributed by atoms with van der Waals surface area (Å²) in [4.78, 5) is 73.1. The van der Waals surface area contributed by atoms with Crippen molar-refractivity contribution < 1.29 is 80.2 Å². The Bertz CT molecular complexity index is 2020. The van der Waals surface area contributed by atoms with Gasteiger partial charge in [-0.2, -0.15) is 0 Å². The van der Waals surface area contributed by atoms with E-state index in [4.69, 9.17) is 37.0 Å². The number of hydrogen-bond donors (Lipinski definition) is 3. The molecule has 0 bridgehead atoms. The van der Waals surface area contributed by atoms with Gasteiger partial charge in [0.2, 0.25) is 0 Å². The molecule has 0 aromatic rings. The zero-order valence-electron chi connectivity index (χ0n) is 69.6. The number of carbonyl (C=O) groups excluding carboxylic acids is 4. The van der Waals surface area contributed by atoms with Gasteiger partial charge in [0.25, 0.3) is 0 Å². The lowest BCUT2D eigenvalue weighted by Crippen LogP contribution is -2.30. The molecule has 0 aromatic carbocycles. The zero-order chi connectivity index (χ0) is 77.6. The Hall–Kier alpha value is -1.94. The minimum absolute atomic E-state index is 0.109. The average molecular weight is 1550 g/mol. The summed E-state index contributed by atoms with van der Waals surface area (Å²) in [5, 5.41) is 10.7. The second kappa shape index (κ2) is 79.7. The number of carbonyl (C=O) groups is 4. The number of phosphoric ester groups is 2. The standard InChI is InChI=1S/C87H170O17P2/c1-6-10-13-16-19-22-24-26-28-30-31-36-39-43-47-51-56-61-66-71-85(90)98-77-83(104-87(92)73-68-63-58-53-49-45-41-37-33-32-35-38-42-46-50-54-59-64-69-80(5)9-4)79-102-106(95,96)100-75-81(88)74-99-105(93,94)101-78-82(76-97-84(89)70-65-60-55-21-18-15-12-8-3)103-86(91)72-67-62-57-52-48-44-40-34-29-27-25-23-20-17-14-11-7-2/h80-83,88H,6-79H2,1-5H3,(H,93,94)(H,95,96)/t80?,81-,82+,83+/m0/s1. The summed E-state index contributed by atoms with van der Waals surface area (Å²) in [6.45, 7) is 7.41. The van der Waals surface area contributed by atoms with Gasteiger partial charge in [0.1, 0.15) is 19.3 Å². The number of rotatable bonds is 87. The molecule has 0 rings (SSSR count). The normalized spacial score (nSPS) is 14.0. The average Bonchev–Trinajstić information content (AvgIpc) is 0.906. The first-order chi connectivity index (χ1) is 51.6. The molecule has 0 saturated carbocycles. The maximum Gasteiger partial charge on any atom is 0.472 e. The predicted octanol–water partition coefficient (Wildman–Crippen LogP) is 26.8. The number of esters is 4. The third kappa shape index (κ3) is 78.7. The van der Waals surface area contributed by atoms with Crippen molar-refractivity contribution in [2.75, 3.05) is 39.6 Å². The van der Waals surface area contributed by atoms with E-state index in [1.807, 2.05) is 0 Å². The molecule has 19 heteroatoms. The van der Waals surface area contributed by atoms with E-state index in [9.17, 15) is 43.2 Å². The fraction of sp³-hybridized carbons (Fsp3) is 0.954. The van der Waals surface area contributed by atoms with Crippen molar-refractivity contribution in [1.82, 2.24) is 0 Å². The van der Waals surface area contributed by atoms with Crippen LogP contribution >= 0.6 is 15.6 Å². The Labute approximate surface area is 651 Å². The van der Waals surface area contributed by atoms with E-state index in [0.717, 1.165) is 95.8 Å². The fourth-order valence-electron chi connectivity index (χ4n) is 13.6. The molecule has 106 heavy (non-hydrogen) atoms. The lowest BCUT2D eigenvalue weighted by molar-refractivity contribution is -0.161. The summed E-state index contributed by atoms with van der Waals surface area (Å²) in [6, 6.07) is 0. The summed E-state index contributed by atoms with van der Waals surface area (Å²) in [7, 11) is -9.92. The molecule has 0 spiro atoms. The van der Waals surface area contributed by atoms with Gasteiger partial charge in [0.05, 0.1) is 26.4 Å².